The van der Waals surface area contributed by atoms with E-state index in [-0.39, 0.29) is 24.4 Å². The molecule has 246 valence electrons. The summed E-state index contributed by atoms with van der Waals surface area (Å²) in [7, 11) is 1.55. The number of likely N-dealkylation sites (tertiary alicyclic amines) is 1. The number of ether oxygens (including phenoxy) is 1. The molecular formula is C35H36ClN9O3. The monoisotopic (exact) mass is 665 g/mol. The summed E-state index contributed by atoms with van der Waals surface area (Å²) in [6.07, 6.45) is 5.58. The van der Waals surface area contributed by atoms with Crippen LogP contribution in [0.15, 0.2) is 79.3 Å². The number of carbonyl (C=O) groups is 2. The highest BCUT2D eigenvalue weighted by atomic mass is 35.5. The minimum Gasteiger partial charge on any atom is -0.368 e. The second-order valence-electron chi connectivity index (χ2n) is 12.3. The van der Waals surface area contributed by atoms with Gasteiger partial charge in [-0.15, -0.1) is 0 Å². The van der Waals surface area contributed by atoms with Crippen molar-refractivity contribution in [1.82, 2.24) is 34.9 Å². The molecule has 0 spiro atoms. The van der Waals surface area contributed by atoms with Gasteiger partial charge in [0.25, 0.3) is 5.91 Å². The molecule has 3 aromatic heterocycles. The van der Waals surface area contributed by atoms with Gasteiger partial charge in [0.05, 0.1) is 12.1 Å². The van der Waals surface area contributed by atoms with Crippen LogP contribution in [-0.2, 0) is 14.3 Å². The zero-order chi connectivity index (χ0) is 33.3. The van der Waals surface area contributed by atoms with E-state index in [9.17, 15) is 9.59 Å². The molecule has 0 bridgehead atoms. The molecule has 5 aromatic rings. The lowest BCUT2D eigenvalue weighted by Gasteiger charge is -2.41. The fourth-order valence-corrected chi connectivity index (χ4v) is 6.83. The van der Waals surface area contributed by atoms with Crippen LogP contribution >= 0.6 is 11.6 Å². The molecule has 13 heteroatoms. The van der Waals surface area contributed by atoms with E-state index in [1.54, 1.807) is 37.8 Å². The number of nitrogens with one attached hydrogen (secondary N) is 2. The molecule has 2 saturated heterocycles. The minimum atomic E-state index is -1.08. The molecular weight excluding hydrogens is 630 g/mol. The van der Waals surface area contributed by atoms with E-state index in [0.29, 0.717) is 48.4 Å². The molecule has 2 aliphatic rings. The Balaban J connectivity index is 0.959. The number of amides is 2. The SMILES string of the molecule is CO[C@@]1(C(=O)Nc2ccc3[nH]nc(-c4ccnc(Cl)c4)c3c2)CCN(CC(=O)N2CCN(c3ccc(-c4ncccn4)cc3)C[C@H]2C)C1. The highest BCUT2D eigenvalue weighted by molar-refractivity contribution is 6.29. The standard InChI is InChI=1S/C35H36ClN9O3/c1-23-20-44(27-7-4-24(5-8-27)33-38-12-3-13-39-33)16-17-45(23)31(46)21-43-15-11-35(22-43,48-2)34(47)40-26-6-9-29-28(19-26)32(42-41-29)25-10-14-37-30(36)18-25/h3-10,12-14,18-19,23H,11,15-17,20-22H2,1-2H3,(H,40,47)(H,41,42)/t23-,35+/m1/s1. The van der Waals surface area contributed by atoms with Crippen LogP contribution in [0.4, 0.5) is 11.4 Å². The van der Waals surface area contributed by atoms with Gasteiger partial charge in [-0.2, -0.15) is 5.10 Å². The van der Waals surface area contributed by atoms with E-state index in [1.165, 1.54) is 0 Å². The van der Waals surface area contributed by atoms with Crippen LogP contribution in [-0.4, -0.2) is 105 Å². The number of aromatic amines is 1. The summed E-state index contributed by atoms with van der Waals surface area (Å²) < 4.78 is 5.86. The van der Waals surface area contributed by atoms with E-state index < -0.39 is 5.60 Å². The van der Waals surface area contributed by atoms with E-state index in [0.717, 1.165) is 40.8 Å². The number of fused-ring (bicyclic) bond motifs is 1. The molecule has 0 unspecified atom stereocenters. The highest BCUT2D eigenvalue weighted by Crippen LogP contribution is 2.32. The number of benzene rings is 2. The molecule has 2 fully saturated rings. The van der Waals surface area contributed by atoms with Gasteiger partial charge >= 0.3 is 0 Å². The third kappa shape index (κ3) is 6.34. The molecule has 0 saturated carbocycles. The smallest absolute Gasteiger partial charge is 0.258 e. The summed E-state index contributed by atoms with van der Waals surface area (Å²) in [5.74, 6) is 0.505. The van der Waals surface area contributed by atoms with Crippen molar-refractivity contribution in [2.75, 3.05) is 56.6 Å². The molecule has 2 amide bonds. The predicted octanol–water partition coefficient (Wildman–Crippen LogP) is 4.50. The van der Waals surface area contributed by atoms with Crippen LogP contribution in [0.25, 0.3) is 33.5 Å². The summed E-state index contributed by atoms with van der Waals surface area (Å²) >= 11 is 6.11. The summed E-state index contributed by atoms with van der Waals surface area (Å²) in [6.45, 7) is 5.30. The molecule has 2 aromatic carbocycles. The minimum absolute atomic E-state index is 0.0346. The van der Waals surface area contributed by atoms with Gasteiger partial charge in [-0.25, -0.2) is 15.0 Å². The van der Waals surface area contributed by atoms with Crippen molar-refractivity contribution in [2.24, 2.45) is 0 Å². The van der Waals surface area contributed by atoms with Crippen molar-refractivity contribution in [3.05, 3.63) is 84.4 Å². The largest absolute Gasteiger partial charge is 0.368 e. The van der Waals surface area contributed by atoms with Crippen molar-refractivity contribution in [2.45, 2.75) is 25.0 Å². The normalized spacial score (nSPS) is 19.9. The molecule has 7 rings (SSSR count). The number of hydrogen-bond acceptors (Lipinski definition) is 9. The Morgan fingerprint density at radius 2 is 1.81 bits per heavy atom. The lowest BCUT2D eigenvalue weighted by molar-refractivity contribution is -0.138. The summed E-state index contributed by atoms with van der Waals surface area (Å²) in [4.78, 5) is 46.2. The third-order valence-electron chi connectivity index (χ3n) is 9.30. The van der Waals surface area contributed by atoms with Gasteiger partial charge in [0.1, 0.15) is 10.8 Å². The maximum atomic E-state index is 13.7. The summed E-state index contributed by atoms with van der Waals surface area (Å²) in [5, 5.41) is 11.7. The van der Waals surface area contributed by atoms with Crippen LogP contribution in [0.2, 0.25) is 5.15 Å². The number of rotatable bonds is 8. The van der Waals surface area contributed by atoms with E-state index in [2.05, 4.69) is 54.4 Å². The molecule has 5 heterocycles. The number of anilines is 2. The number of pyridine rings is 1. The van der Waals surface area contributed by atoms with Crippen LogP contribution in [0.1, 0.15) is 13.3 Å². The highest BCUT2D eigenvalue weighted by Gasteiger charge is 2.46. The molecule has 12 nitrogen and oxygen atoms in total. The Labute approximate surface area is 283 Å². The van der Waals surface area contributed by atoms with Gasteiger partial charge in [0.2, 0.25) is 5.91 Å². The van der Waals surface area contributed by atoms with Gasteiger partial charge in [-0.1, -0.05) is 11.6 Å². The Morgan fingerprint density at radius 3 is 2.56 bits per heavy atom. The predicted molar refractivity (Wildman–Crippen MR) is 185 cm³/mol. The average Bonchev–Trinajstić information content (AvgIpc) is 3.73. The Hall–Kier alpha value is -4.91. The number of hydrogen-bond donors (Lipinski definition) is 2. The molecule has 2 atom stereocenters. The van der Waals surface area contributed by atoms with Crippen molar-refractivity contribution in [3.63, 3.8) is 0 Å². The first-order valence-corrected chi connectivity index (χ1v) is 16.3. The number of methoxy groups -OCH3 is 1. The maximum Gasteiger partial charge on any atom is 0.258 e. The van der Waals surface area contributed by atoms with Gasteiger partial charge in [0, 0.05) is 92.4 Å². The second kappa shape index (κ2) is 13.3. The first-order valence-electron chi connectivity index (χ1n) is 15.9. The zero-order valence-corrected chi connectivity index (χ0v) is 27.5. The summed E-state index contributed by atoms with van der Waals surface area (Å²) in [6, 6.07) is 19.2. The van der Waals surface area contributed by atoms with Crippen LogP contribution in [0, 0.1) is 0 Å². The van der Waals surface area contributed by atoms with Crippen LogP contribution < -0.4 is 10.2 Å². The topological polar surface area (TPSA) is 132 Å². The lowest BCUT2D eigenvalue weighted by Crippen LogP contribution is -2.56. The lowest BCUT2D eigenvalue weighted by atomic mass is 10.0. The molecule has 0 radical (unpaired) electrons. The van der Waals surface area contributed by atoms with Gasteiger partial charge in [0.15, 0.2) is 11.4 Å². The number of piperazine rings is 1. The molecule has 2 aliphatic heterocycles. The van der Waals surface area contributed by atoms with Crippen molar-refractivity contribution < 1.29 is 14.3 Å². The van der Waals surface area contributed by atoms with Crippen molar-refractivity contribution in [1.29, 1.82) is 0 Å². The van der Waals surface area contributed by atoms with Gasteiger partial charge < -0.3 is 19.9 Å². The number of halogens is 1. The van der Waals surface area contributed by atoms with Gasteiger partial charge in [-0.05, 0) is 74.0 Å². The zero-order valence-electron chi connectivity index (χ0n) is 26.8. The van der Waals surface area contributed by atoms with Crippen molar-refractivity contribution >= 4 is 45.7 Å². The number of H-pyrrole nitrogens is 1. The summed E-state index contributed by atoms with van der Waals surface area (Å²) in [5.41, 5.74) is 3.97. The second-order valence-corrected chi connectivity index (χ2v) is 12.7. The number of nitrogens with zero attached hydrogens (tertiary/aromatic N) is 7. The Morgan fingerprint density at radius 1 is 1.00 bits per heavy atom. The first kappa shape index (κ1) is 31.7. The van der Waals surface area contributed by atoms with E-state index in [4.69, 9.17) is 16.3 Å². The fraction of sp³-hybridized carbons (Fsp3) is 0.314. The third-order valence-corrected chi connectivity index (χ3v) is 9.51. The maximum absolute atomic E-state index is 13.7. The van der Waals surface area contributed by atoms with E-state index in [1.807, 2.05) is 46.2 Å². The fourth-order valence-electron chi connectivity index (χ4n) is 6.66. The molecule has 0 aliphatic carbocycles. The number of aromatic nitrogens is 5. The van der Waals surface area contributed by atoms with Crippen LogP contribution in [0.3, 0.4) is 0 Å². The van der Waals surface area contributed by atoms with Crippen LogP contribution in [0.5, 0.6) is 0 Å². The molecule has 2 N–H and O–H groups in total. The quantitative estimate of drug-likeness (QED) is 0.230. The number of carbonyl (C=O) groups excluding carboxylic acids is 2. The molecule has 48 heavy (non-hydrogen) atoms. The first-order chi connectivity index (χ1) is 23.3. The Kier molecular flexibility index (Phi) is 8.78. The van der Waals surface area contributed by atoms with Gasteiger partial charge in [-0.3, -0.25) is 19.6 Å². The Bertz CT molecular complexity index is 1940. The van der Waals surface area contributed by atoms with Crippen molar-refractivity contribution in [3.8, 4) is 22.6 Å². The van der Waals surface area contributed by atoms with E-state index >= 15 is 0 Å². The average molecular weight is 666 g/mol.